The molecule has 3 nitrogen and oxygen atoms in total. The summed E-state index contributed by atoms with van der Waals surface area (Å²) in [5.74, 6) is 0.848. The Kier molecular flexibility index (Phi) is 2.11. The standard InChI is InChI=1S/C12H14N2O/c1-12(2,3)11-13-8-6-4-5-7-9(15)10(8)14-11/h4-7H,1-3H3,(H,13,14). The maximum absolute atomic E-state index is 11.6. The second-order valence-corrected chi connectivity index (χ2v) is 4.68. The van der Waals surface area contributed by atoms with Gasteiger partial charge in [-0.1, -0.05) is 32.9 Å². The van der Waals surface area contributed by atoms with Crippen molar-refractivity contribution in [3.8, 4) is 0 Å². The van der Waals surface area contributed by atoms with Crippen molar-refractivity contribution in [3.05, 3.63) is 40.3 Å². The number of hydrogen-bond acceptors (Lipinski definition) is 2. The first kappa shape index (κ1) is 9.90. The van der Waals surface area contributed by atoms with Gasteiger partial charge >= 0.3 is 0 Å². The van der Waals surface area contributed by atoms with E-state index in [1.807, 2.05) is 12.1 Å². The van der Waals surface area contributed by atoms with Gasteiger partial charge in [-0.3, -0.25) is 4.79 Å². The van der Waals surface area contributed by atoms with Crippen molar-refractivity contribution in [2.45, 2.75) is 26.2 Å². The fraction of sp³-hybridized carbons (Fsp3) is 0.333. The molecular weight excluding hydrogens is 188 g/mol. The zero-order valence-corrected chi connectivity index (χ0v) is 9.16. The lowest BCUT2D eigenvalue weighted by molar-refractivity contribution is 0.554. The van der Waals surface area contributed by atoms with Crippen LogP contribution in [0, 0.1) is 0 Å². The second kappa shape index (κ2) is 3.19. The number of aromatic amines is 1. The number of fused-ring (bicyclic) bond motifs is 1. The Labute approximate surface area is 88.2 Å². The summed E-state index contributed by atoms with van der Waals surface area (Å²) >= 11 is 0. The van der Waals surface area contributed by atoms with Crippen LogP contribution in [0.5, 0.6) is 0 Å². The predicted molar refractivity (Wildman–Crippen MR) is 61.1 cm³/mol. The smallest absolute Gasteiger partial charge is 0.204 e. The maximum Gasteiger partial charge on any atom is 0.204 e. The average molecular weight is 202 g/mol. The molecule has 15 heavy (non-hydrogen) atoms. The first-order valence-electron chi connectivity index (χ1n) is 4.98. The highest BCUT2D eigenvalue weighted by Crippen LogP contribution is 2.20. The molecule has 0 amide bonds. The van der Waals surface area contributed by atoms with Crippen LogP contribution in [0.25, 0.3) is 11.0 Å². The molecule has 1 N–H and O–H groups in total. The van der Waals surface area contributed by atoms with Gasteiger partial charge in [0.25, 0.3) is 0 Å². The summed E-state index contributed by atoms with van der Waals surface area (Å²) in [6.07, 6.45) is 0. The van der Waals surface area contributed by atoms with Gasteiger partial charge in [-0.25, -0.2) is 4.98 Å². The van der Waals surface area contributed by atoms with Crippen molar-refractivity contribution in [1.29, 1.82) is 0 Å². The Bertz CT molecular complexity index is 549. The number of aromatic nitrogens is 2. The Balaban J connectivity index is 2.80. The van der Waals surface area contributed by atoms with Gasteiger partial charge in [0.05, 0.1) is 5.52 Å². The predicted octanol–water partition coefficient (Wildman–Crippen LogP) is 2.22. The van der Waals surface area contributed by atoms with E-state index in [1.165, 1.54) is 0 Å². The minimum absolute atomic E-state index is 0.0157. The largest absolute Gasteiger partial charge is 0.338 e. The van der Waals surface area contributed by atoms with Gasteiger partial charge in [-0.15, -0.1) is 0 Å². The number of H-pyrrole nitrogens is 1. The van der Waals surface area contributed by atoms with Gasteiger partial charge in [0.1, 0.15) is 11.3 Å². The highest BCUT2D eigenvalue weighted by Gasteiger charge is 2.18. The van der Waals surface area contributed by atoms with E-state index >= 15 is 0 Å². The summed E-state index contributed by atoms with van der Waals surface area (Å²) in [6, 6.07) is 6.96. The molecule has 0 atom stereocenters. The number of nitrogens with one attached hydrogen (secondary N) is 1. The van der Waals surface area contributed by atoms with Crippen LogP contribution in [-0.4, -0.2) is 9.97 Å². The van der Waals surface area contributed by atoms with E-state index in [-0.39, 0.29) is 10.8 Å². The van der Waals surface area contributed by atoms with Crippen molar-refractivity contribution >= 4 is 11.0 Å². The Morgan fingerprint density at radius 1 is 1.20 bits per heavy atom. The number of imidazole rings is 1. The van der Waals surface area contributed by atoms with E-state index in [0.29, 0.717) is 5.52 Å². The molecule has 0 aliphatic heterocycles. The Hall–Kier alpha value is -1.64. The summed E-state index contributed by atoms with van der Waals surface area (Å²) in [5, 5.41) is 0. The van der Waals surface area contributed by atoms with Crippen molar-refractivity contribution < 1.29 is 0 Å². The van der Waals surface area contributed by atoms with Crippen LogP contribution in [0.1, 0.15) is 26.6 Å². The molecule has 0 radical (unpaired) electrons. The second-order valence-electron chi connectivity index (χ2n) is 4.68. The van der Waals surface area contributed by atoms with Gasteiger partial charge in [-0.2, -0.15) is 0 Å². The molecule has 1 heterocycles. The Morgan fingerprint density at radius 2 is 1.87 bits per heavy atom. The lowest BCUT2D eigenvalue weighted by Gasteiger charge is -2.13. The summed E-state index contributed by atoms with van der Waals surface area (Å²) in [6.45, 7) is 6.19. The van der Waals surface area contributed by atoms with Crippen LogP contribution in [0.2, 0.25) is 0 Å². The highest BCUT2D eigenvalue weighted by atomic mass is 16.1. The zero-order chi connectivity index (χ0) is 11.1. The first-order valence-corrected chi connectivity index (χ1v) is 4.98. The molecular formula is C12H14N2O. The van der Waals surface area contributed by atoms with Gasteiger partial charge in [0.15, 0.2) is 0 Å². The van der Waals surface area contributed by atoms with Crippen molar-refractivity contribution in [1.82, 2.24) is 9.97 Å². The van der Waals surface area contributed by atoms with Crippen LogP contribution in [0.3, 0.4) is 0 Å². The summed E-state index contributed by atoms with van der Waals surface area (Å²) in [7, 11) is 0. The fourth-order valence-electron chi connectivity index (χ4n) is 1.42. The average Bonchev–Trinajstić information content (AvgIpc) is 2.49. The Morgan fingerprint density at radius 3 is 2.53 bits per heavy atom. The van der Waals surface area contributed by atoms with E-state index in [4.69, 9.17) is 0 Å². The zero-order valence-electron chi connectivity index (χ0n) is 9.16. The van der Waals surface area contributed by atoms with Crippen molar-refractivity contribution in [2.75, 3.05) is 0 Å². The number of hydrogen-bond donors (Lipinski definition) is 1. The summed E-state index contributed by atoms with van der Waals surface area (Å²) < 4.78 is 0. The molecule has 1 aromatic carbocycles. The van der Waals surface area contributed by atoms with E-state index in [0.717, 1.165) is 11.3 Å². The number of nitrogens with zero attached hydrogens (tertiary/aromatic N) is 1. The molecule has 0 bridgehead atoms. The fourth-order valence-corrected chi connectivity index (χ4v) is 1.42. The monoisotopic (exact) mass is 202 g/mol. The third-order valence-corrected chi connectivity index (χ3v) is 2.30. The van der Waals surface area contributed by atoms with Crippen LogP contribution < -0.4 is 5.43 Å². The SMILES string of the molecule is CC(C)(C)c1nc2ccccc(=O)c2[nH]1. The molecule has 2 aromatic rings. The normalized spacial score (nSPS) is 11.9. The minimum atomic E-state index is -0.0654. The van der Waals surface area contributed by atoms with Crippen molar-refractivity contribution in [2.24, 2.45) is 0 Å². The lowest BCUT2D eigenvalue weighted by Crippen LogP contribution is -2.13. The highest BCUT2D eigenvalue weighted by molar-refractivity contribution is 5.74. The molecule has 0 unspecified atom stereocenters. The van der Waals surface area contributed by atoms with E-state index in [9.17, 15) is 4.79 Å². The van der Waals surface area contributed by atoms with Crippen LogP contribution in [0.15, 0.2) is 29.1 Å². The van der Waals surface area contributed by atoms with E-state index in [1.54, 1.807) is 12.1 Å². The molecule has 0 fully saturated rings. The first-order chi connectivity index (χ1) is 6.98. The van der Waals surface area contributed by atoms with Gasteiger partial charge in [-0.05, 0) is 12.1 Å². The van der Waals surface area contributed by atoms with Crippen LogP contribution >= 0.6 is 0 Å². The number of rotatable bonds is 0. The van der Waals surface area contributed by atoms with E-state index < -0.39 is 0 Å². The van der Waals surface area contributed by atoms with Crippen molar-refractivity contribution in [3.63, 3.8) is 0 Å². The molecule has 0 aliphatic rings. The minimum Gasteiger partial charge on any atom is -0.338 e. The molecule has 1 aromatic heterocycles. The quantitative estimate of drug-likeness (QED) is 0.712. The molecule has 0 spiro atoms. The van der Waals surface area contributed by atoms with Gasteiger partial charge < -0.3 is 4.98 Å². The van der Waals surface area contributed by atoms with Crippen LogP contribution in [0.4, 0.5) is 0 Å². The maximum atomic E-state index is 11.6. The third kappa shape index (κ3) is 1.77. The third-order valence-electron chi connectivity index (χ3n) is 2.30. The molecule has 2 rings (SSSR count). The molecule has 0 saturated heterocycles. The summed E-state index contributed by atoms with van der Waals surface area (Å²) in [5.41, 5.74) is 1.24. The lowest BCUT2D eigenvalue weighted by atomic mass is 9.96. The molecule has 3 heteroatoms. The van der Waals surface area contributed by atoms with Gasteiger partial charge in [0.2, 0.25) is 5.43 Å². The molecule has 78 valence electrons. The van der Waals surface area contributed by atoms with Crippen LogP contribution in [-0.2, 0) is 5.41 Å². The molecule has 0 saturated carbocycles. The topological polar surface area (TPSA) is 45.8 Å². The molecule has 0 aliphatic carbocycles. The van der Waals surface area contributed by atoms with Gasteiger partial charge in [0, 0.05) is 5.41 Å². The summed E-state index contributed by atoms with van der Waals surface area (Å²) in [4.78, 5) is 19.2. The van der Waals surface area contributed by atoms with E-state index in [2.05, 4.69) is 30.7 Å².